The molecular formula is C11H11ClF2O3. The lowest BCUT2D eigenvalue weighted by Crippen LogP contribution is -2.08. The van der Waals surface area contributed by atoms with Crippen molar-refractivity contribution in [2.45, 2.75) is 0 Å². The second-order valence-electron chi connectivity index (χ2n) is 3.01. The first kappa shape index (κ1) is 13.7. The van der Waals surface area contributed by atoms with Crippen LogP contribution in [-0.2, 0) is 4.74 Å². The lowest BCUT2D eigenvalue weighted by atomic mass is 10.2. The largest absolute Gasteiger partial charge is 0.489 e. The highest BCUT2D eigenvalue weighted by Gasteiger charge is 2.10. The van der Waals surface area contributed by atoms with E-state index in [0.717, 1.165) is 0 Å². The van der Waals surface area contributed by atoms with Gasteiger partial charge in [-0.15, -0.1) is 0 Å². The van der Waals surface area contributed by atoms with Crippen molar-refractivity contribution in [2.75, 3.05) is 26.6 Å². The van der Waals surface area contributed by atoms with Crippen LogP contribution in [0.15, 0.2) is 18.2 Å². The SMILES string of the molecule is O=C(OCCF)c1ccc(Cl)c(OCCF)c1. The van der Waals surface area contributed by atoms with E-state index in [9.17, 15) is 13.6 Å². The van der Waals surface area contributed by atoms with Gasteiger partial charge in [-0.1, -0.05) is 11.6 Å². The summed E-state index contributed by atoms with van der Waals surface area (Å²) in [6.07, 6.45) is 0. The maximum absolute atomic E-state index is 11.9. The monoisotopic (exact) mass is 264 g/mol. The molecule has 0 spiro atoms. The molecule has 0 saturated heterocycles. The molecule has 0 atom stereocenters. The zero-order valence-corrected chi connectivity index (χ0v) is 9.68. The van der Waals surface area contributed by atoms with Crippen molar-refractivity contribution in [1.29, 1.82) is 0 Å². The molecule has 0 aliphatic rings. The van der Waals surface area contributed by atoms with Gasteiger partial charge in [-0.2, -0.15) is 0 Å². The number of hydrogen-bond acceptors (Lipinski definition) is 3. The van der Waals surface area contributed by atoms with Gasteiger partial charge >= 0.3 is 5.97 Å². The highest BCUT2D eigenvalue weighted by atomic mass is 35.5. The molecule has 0 fully saturated rings. The zero-order valence-electron chi connectivity index (χ0n) is 8.92. The summed E-state index contributed by atoms with van der Waals surface area (Å²) >= 11 is 5.78. The standard InChI is InChI=1S/C11H11ClF2O3/c12-9-2-1-8(11(15)17-6-4-14)7-10(9)16-5-3-13/h1-2,7H,3-6H2. The zero-order chi connectivity index (χ0) is 12.7. The number of carbonyl (C=O) groups excluding carboxylic acids is 1. The molecule has 94 valence electrons. The molecule has 0 saturated carbocycles. The van der Waals surface area contributed by atoms with Gasteiger partial charge in [-0.25, -0.2) is 13.6 Å². The molecular weight excluding hydrogens is 254 g/mol. The van der Waals surface area contributed by atoms with Crippen LogP contribution in [0.3, 0.4) is 0 Å². The van der Waals surface area contributed by atoms with Gasteiger partial charge in [0.15, 0.2) is 0 Å². The van der Waals surface area contributed by atoms with Crippen LogP contribution < -0.4 is 4.74 Å². The summed E-state index contributed by atoms with van der Waals surface area (Å²) in [6, 6.07) is 4.19. The molecule has 0 radical (unpaired) electrons. The van der Waals surface area contributed by atoms with Crippen LogP contribution in [0.25, 0.3) is 0 Å². The molecule has 0 N–H and O–H groups in total. The molecule has 0 aliphatic carbocycles. The van der Waals surface area contributed by atoms with Crippen molar-refractivity contribution < 1.29 is 23.0 Å². The van der Waals surface area contributed by atoms with E-state index in [1.54, 1.807) is 0 Å². The molecule has 0 aromatic heterocycles. The van der Waals surface area contributed by atoms with E-state index in [-0.39, 0.29) is 29.5 Å². The van der Waals surface area contributed by atoms with Crippen LogP contribution in [0.5, 0.6) is 5.75 Å². The molecule has 0 amide bonds. The summed E-state index contributed by atoms with van der Waals surface area (Å²) in [5.74, 6) is -0.483. The van der Waals surface area contributed by atoms with E-state index in [0.29, 0.717) is 0 Å². The van der Waals surface area contributed by atoms with E-state index in [2.05, 4.69) is 4.74 Å². The summed E-state index contributed by atoms with van der Waals surface area (Å²) in [4.78, 5) is 11.4. The van der Waals surface area contributed by atoms with Crippen LogP contribution in [-0.4, -0.2) is 32.5 Å². The van der Waals surface area contributed by atoms with Crippen molar-refractivity contribution in [2.24, 2.45) is 0 Å². The van der Waals surface area contributed by atoms with E-state index in [1.807, 2.05) is 0 Å². The van der Waals surface area contributed by atoms with Crippen LogP contribution in [0.1, 0.15) is 10.4 Å². The summed E-state index contributed by atoms with van der Waals surface area (Å²) in [5, 5.41) is 0.264. The van der Waals surface area contributed by atoms with E-state index >= 15 is 0 Å². The maximum Gasteiger partial charge on any atom is 0.338 e. The Balaban J connectivity index is 2.76. The van der Waals surface area contributed by atoms with Crippen LogP contribution in [0.2, 0.25) is 5.02 Å². The fraction of sp³-hybridized carbons (Fsp3) is 0.364. The van der Waals surface area contributed by atoms with Gasteiger partial charge in [-0.3, -0.25) is 0 Å². The number of hydrogen-bond donors (Lipinski definition) is 0. The van der Waals surface area contributed by atoms with E-state index < -0.39 is 19.3 Å². The topological polar surface area (TPSA) is 35.5 Å². The minimum atomic E-state index is -0.745. The minimum Gasteiger partial charge on any atom is -0.489 e. The van der Waals surface area contributed by atoms with Crippen LogP contribution >= 0.6 is 11.6 Å². The molecule has 6 heteroatoms. The number of esters is 1. The second-order valence-corrected chi connectivity index (χ2v) is 3.41. The normalized spacial score (nSPS) is 10.1. The Morgan fingerprint density at radius 1 is 1.24 bits per heavy atom. The average Bonchev–Trinajstić information content (AvgIpc) is 2.35. The molecule has 17 heavy (non-hydrogen) atoms. The number of ether oxygens (including phenoxy) is 2. The molecule has 1 rings (SSSR count). The van der Waals surface area contributed by atoms with Crippen molar-refractivity contribution in [3.8, 4) is 5.75 Å². The molecule has 3 nitrogen and oxygen atoms in total. The summed E-state index contributed by atoms with van der Waals surface area (Å²) < 4.78 is 33.3. The van der Waals surface area contributed by atoms with Crippen LogP contribution in [0.4, 0.5) is 8.78 Å². The first-order valence-corrected chi connectivity index (χ1v) is 5.28. The first-order valence-electron chi connectivity index (χ1n) is 4.90. The number of halogens is 3. The highest BCUT2D eigenvalue weighted by Crippen LogP contribution is 2.25. The minimum absolute atomic E-state index is 0.150. The predicted octanol–water partition coefficient (Wildman–Crippen LogP) is 2.81. The molecule has 1 aromatic rings. The first-order chi connectivity index (χ1) is 8.19. The molecule has 0 unspecified atom stereocenters. The lowest BCUT2D eigenvalue weighted by molar-refractivity contribution is 0.0480. The van der Waals surface area contributed by atoms with Crippen molar-refractivity contribution >= 4 is 17.6 Å². The summed E-state index contributed by atoms with van der Waals surface area (Å²) in [7, 11) is 0. The quantitative estimate of drug-likeness (QED) is 0.741. The Bertz CT molecular complexity index is 385. The van der Waals surface area contributed by atoms with Gasteiger partial charge in [0, 0.05) is 0 Å². The summed E-state index contributed by atoms with van der Waals surface area (Å²) in [6.45, 7) is -1.86. The van der Waals surface area contributed by atoms with Crippen LogP contribution in [0, 0.1) is 0 Å². The Kier molecular flexibility index (Phi) is 5.69. The fourth-order valence-electron chi connectivity index (χ4n) is 1.10. The maximum atomic E-state index is 11.9. The molecule has 1 aromatic carbocycles. The lowest BCUT2D eigenvalue weighted by Gasteiger charge is -2.08. The van der Waals surface area contributed by atoms with Crippen molar-refractivity contribution in [3.63, 3.8) is 0 Å². The van der Waals surface area contributed by atoms with Gasteiger partial charge < -0.3 is 9.47 Å². The predicted molar refractivity (Wildman–Crippen MR) is 59.2 cm³/mol. The van der Waals surface area contributed by atoms with Crippen molar-refractivity contribution in [1.82, 2.24) is 0 Å². The Labute approximate surface area is 102 Å². The Hall–Kier alpha value is -1.36. The smallest absolute Gasteiger partial charge is 0.338 e. The third-order valence-corrected chi connectivity index (χ3v) is 2.12. The second kappa shape index (κ2) is 7.06. The summed E-state index contributed by atoms with van der Waals surface area (Å²) in [5.41, 5.74) is 0.178. The molecule has 0 heterocycles. The number of rotatable bonds is 6. The third-order valence-electron chi connectivity index (χ3n) is 1.81. The third kappa shape index (κ3) is 4.19. The number of benzene rings is 1. The van der Waals surface area contributed by atoms with E-state index in [4.69, 9.17) is 16.3 Å². The number of carbonyl (C=O) groups is 1. The van der Waals surface area contributed by atoms with Gasteiger partial charge in [0.1, 0.15) is 32.3 Å². The fourth-order valence-corrected chi connectivity index (χ4v) is 1.28. The highest BCUT2D eigenvalue weighted by molar-refractivity contribution is 6.32. The van der Waals surface area contributed by atoms with Gasteiger partial charge in [0.25, 0.3) is 0 Å². The average molecular weight is 265 g/mol. The van der Waals surface area contributed by atoms with E-state index in [1.165, 1.54) is 18.2 Å². The Morgan fingerprint density at radius 2 is 1.94 bits per heavy atom. The van der Waals surface area contributed by atoms with Gasteiger partial charge in [0.2, 0.25) is 0 Å². The molecule has 0 bridgehead atoms. The van der Waals surface area contributed by atoms with Gasteiger partial charge in [-0.05, 0) is 18.2 Å². The number of alkyl halides is 2. The van der Waals surface area contributed by atoms with Gasteiger partial charge in [0.05, 0.1) is 10.6 Å². The molecule has 0 aliphatic heterocycles. The van der Waals surface area contributed by atoms with Crippen molar-refractivity contribution in [3.05, 3.63) is 28.8 Å². The Morgan fingerprint density at radius 3 is 2.59 bits per heavy atom.